The topological polar surface area (TPSA) is 46.5 Å². The van der Waals surface area contributed by atoms with Crippen molar-refractivity contribution >= 4 is 5.97 Å². The van der Waals surface area contributed by atoms with Gasteiger partial charge >= 0.3 is 5.97 Å². The lowest BCUT2D eigenvalue weighted by Crippen LogP contribution is -2.56. The van der Waals surface area contributed by atoms with Crippen LogP contribution in [0, 0.1) is 46.3 Å². The summed E-state index contributed by atoms with van der Waals surface area (Å²) in [6.07, 6.45) is 41.9. The molecule has 0 bridgehead atoms. The molecule has 0 spiro atoms. The first kappa shape index (κ1) is 40.9. The molecule has 3 fully saturated rings. The van der Waals surface area contributed by atoms with Crippen molar-refractivity contribution in [2.24, 2.45) is 46.3 Å². The van der Waals surface area contributed by atoms with Crippen LogP contribution in [0.5, 0.6) is 0 Å². The van der Waals surface area contributed by atoms with Crippen LogP contribution in [0.25, 0.3) is 0 Å². The summed E-state index contributed by atoms with van der Waals surface area (Å²) in [6, 6.07) is 0. The van der Waals surface area contributed by atoms with Gasteiger partial charge in [-0.15, -0.1) is 0 Å². The number of unbranched alkanes of at least 4 members (excludes halogenated alkanes) is 4. The Labute approximate surface area is 308 Å². The molecule has 0 aromatic carbocycles. The van der Waals surface area contributed by atoms with Crippen LogP contribution in [0.1, 0.15) is 170 Å². The van der Waals surface area contributed by atoms with Crippen molar-refractivity contribution in [1.29, 1.82) is 0 Å². The molecule has 1 N–H and O–H groups in total. The third-order valence-corrected chi connectivity index (χ3v) is 13.8. The molecule has 4 rings (SSSR count). The monoisotopic (exact) mass is 689 g/mol. The maximum Gasteiger partial charge on any atom is 0.306 e. The average Bonchev–Trinajstić information content (AvgIpc) is 3.44. The Morgan fingerprint density at radius 2 is 1.52 bits per heavy atom. The molecule has 3 saturated carbocycles. The number of carbonyl (C=O) groups excluding carboxylic acids is 1. The molecule has 0 aliphatic heterocycles. The van der Waals surface area contributed by atoms with Crippen LogP contribution in [0.3, 0.4) is 0 Å². The van der Waals surface area contributed by atoms with E-state index in [0.717, 1.165) is 68.6 Å². The normalized spacial score (nSPS) is 33.3. The van der Waals surface area contributed by atoms with Gasteiger partial charge in [0.15, 0.2) is 0 Å². The molecule has 4 aliphatic rings. The number of allylic oxidation sites excluding steroid dienone is 9. The maximum absolute atomic E-state index is 13.3. The van der Waals surface area contributed by atoms with Crippen molar-refractivity contribution in [1.82, 2.24) is 0 Å². The van der Waals surface area contributed by atoms with Crippen LogP contribution in [0.2, 0.25) is 0 Å². The second-order valence-electron chi connectivity index (χ2n) is 17.7. The molecule has 0 radical (unpaired) electrons. The Bertz CT molecular complexity index is 1170. The minimum atomic E-state index is -0.413. The summed E-state index contributed by atoms with van der Waals surface area (Å²) >= 11 is 0. The van der Waals surface area contributed by atoms with E-state index in [0.29, 0.717) is 30.1 Å². The highest BCUT2D eigenvalue weighted by molar-refractivity contribution is 5.69. The molecule has 0 aromatic heterocycles. The molecule has 3 heteroatoms. The summed E-state index contributed by atoms with van der Waals surface area (Å²) < 4.78 is 6.39. The summed E-state index contributed by atoms with van der Waals surface area (Å²) in [5.74, 6) is 4.34. The minimum absolute atomic E-state index is 0.0838. The Morgan fingerprint density at radius 3 is 2.18 bits per heavy atom. The molecule has 50 heavy (non-hydrogen) atoms. The molecular weight excluding hydrogens is 613 g/mol. The number of hydrogen-bond donors (Lipinski definition) is 1. The molecule has 0 saturated heterocycles. The summed E-state index contributed by atoms with van der Waals surface area (Å²) in [4.78, 5) is 13.3. The average molecular weight is 689 g/mol. The molecule has 9 atom stereocenters. The van der Waals surface area contributed by atoms with Crippen molar-refractivity contribution in [2.45, 2.75) is 182 Å². The Kier molecular flexibility index (Phi) is 16.7. The molecular formula is C47H76O3. The van der Waals surface area contributed by atoms with Gasteiger partial charge < -0.3 is 9.84 Å². The largest absolute Gasteiger partial charge is 0.461 e. The summed E-state index contributed by atoms with van der Waals surface area (Å²) in [6.45, 7) is 14.6. The van der Waals surface area contributed by atoms with E-state index in [4.69, 9.17) is 4.74 Å². The molecule has 0 aromatic rings. The predicted molar refractivity (Wildman–Crippen MR) is 213 cm³/mol. The molecule has 282 valence electrons. The molecule has 1 unspecified atom stereocenters. The van der Waals surface area contributed by atoms with Gasteiger partial charge in [0.05, 0.1) is 6.10 Å². The second-order valence-corrected chi connectivity index (χ2v) is 17.7. The fourth-order valence-corrected chi connectivity index (χ4v) is 11.0. The van der Waals surface area contributed by atoms with Crippen LogP contribution in [-0.2, 0) is 9.53 Å². The van der Waals surface area contributed by atoms with Gasteiger partial charge in [-0.2, -0.15) is 0 Å². The van der Waals surface area contributed by atoms with Gasteiger partial charge in [0, 0.05) is 18.3 Å². The van der Waals surface area contributed by atoms with E-state index >= 15 is 0 Å². The third kappa shape index (κ3) is 10.8. The van der Waals surface area contributed by atoms with Gasteiger partial charge in [0.1, 0.15) is 6.10 Å². The number of rotatable bonds is 20. The SMILES string of the molecule is CCCCCC=CCC=CCC=CCC=CCCCC(=O)OC1C[C@H](O)CC2=CC[C@H]3[C@@H]4CC[C@H]([C@H](C)CCCC(C)C)[C@@]4(C)CC[C@@H]3[C@]21C. The highest BCUT2D eigenvalue weighted by atomic mass is 16.5. The fraction of sp³-hybridized carbons (Fsp3) is 0.766. The van der Waals surface area contributed by atoms with E-state index < -0.39 is 6.10 Å². The van der Waals surface area contributed by atoms with E-state index in [1.165, 1.54) is 76.2 Å². The van der Waals surface area contributed by atoms with E-state index in [-0.39, 0.29) is 17.5 Å². The van der Waals surface area contributed by atoms with E-state index in [2.05, 4.69) is 96.2 Å². The first-order valence-electron chi connectivity index (χ1n) is 21.3. The molecule has 0 amide bonds. The van der Waals surface area contributed by atoms with Gasteiger partial charge in [-0.05, 0) is 124 Å². The van der Waals surface area contributed by atoms with Crippen molar-refractivity contribution < 1.29 is 14.6 Å². The zero-order chi connectivity index (χ0) is 36.0. The Morgan fingerprint density at radius 1 is 0.860 bits per heavy atom. The summed E-state index contributed by atoms with van der Waals surface area (Å²) in [7, 11) is 0. The van der Waals surface area contributed by atoms with Crippen molar-refractivity contribution in [3.8, 4) is 0 Å². The van der Waals surface area contributed by atoms with E-state index in [9.17, 15) is 9.90 Å². The van der Waals surface area contributed by atoms with Crippen molar-refractivity contribution in [3.05, 3.63) is 60.3 Å². The number of aliphatic hydroxyl groups is 1. The number of ether oxygens (including phenoxy) is 1. The molecule has 0 heterocycles. The smallest absolute Gasteiger partial charge is 0.306 e. The standard InChI is InChI=1S/C47H76O3/c1-7-8-9-10-11-12-13-14-15-16-17-18-19-20-21-22-23-27-45(49)50-44-35-39(48)34-38-28-29-40-42-31-30-41(37(4)26-24-25-36(2)3)46(42,5)33-32-43(40)47(38,44)6/h11-12,14-15,17-18,20-21,28,36-37,39-44,48H,7-10,13,16,19,22-27,29-35H2,1-6H3/t37-,39-,40+,41-,42+,43+,44?,46-,47+/m1/s1. The number of carbonyl (C=O) groups is 1. The lowest BCUT2D eigenvalue weighted by atomic mass is 9.46. The second kappa shape index (κ2) is 20.4. The molecule has 4 aliphatic carbocycles. The minimum Gasteiger partial charge on any atom is -0.461 e. The first-order valence-corrected chi connectivity index (χ1v) is 21.3. The summed E-state index contributed by atoms with van der Waals surface area (Å²) in [5, 5.41) is 10.9. The van der Waals surface area contributed by atoms with E-state index in [1.807, 2.05) is 0 Å². The Balaban J connectivity index is 1.22. The summed E-state index contributed by atoms with van der Waals surface area (Å²) in [5.41, 5.74) is 1.66. The zero-order valence-corrected chi connectivity index (χ0v) is 33.2. The lowest BCUT2D eigenvalue weighted by molar-refractivity contribution is -0.169. The van der Waals surface area contributed by atoms with Crippen LogP contribution >= 0.6 is 0 Å². The number of esters is 1. The van der Waals surface area contributed by atoms with Crippen LogP contribution < -0.4 is 0 Å². The van der Waals surface area contributed by atoms with Crippen LogP contribution in [0.4, 0.5) is 0 Å². The fourth-order valence-electron chi connectivity index (χ4n) is 11.0. The van der Waals surface area contributed by atoms with Crippen LogP contribution in [0.15, 0.2) is 60.3 Å². The third-order valence-electron chi connectivity index (χ3n) is 13.8. The van der Waals surface area contributed by atoms with E-state index in [1.54, 1.807) is 0 Å². The number of fused-ring (bicyclic) bond motifs is 5. The van der Waals surface area contributed by atoms with Crippen molar-refractivity contribution in [2.75, 3.05) is 0 Å². The van der Waals surface area contributed by atoms with Gasteiger partial charge in [-0.1, -0.05) is 134 Å². The first-order chi connectivity index (χ1) is 24.1. The van der Waals surface area contributed by atoms with Crippen LogP contribution in [-0.4, -0.2) is 23.3 Å². The van der Waals surface area contributed by atoms with Crippen molar-refractivity contribution in [3.63, 3.8) is 0 Å². The Hall–Kier alpha value is -1.87. The maximum atomic E-state index is 13.3. The highest BCUT2D eigenvalue weighted by Crippen LogP contribution is 2.67. The quantitative estimate of drug-likeness (QED) is 0.0787. The lowest BCUT2D eigenvalue weighted by Gasteiger charge is -2.60. The zero-order valence-electron chi connectivity index (χ0n) is 33.2. The van der Waals surface area contributed by atoms with Gasteiger partial charge in [0.2, 0.25) is 0 Å². The van der Waals surface area contributed by atoms with Gasteiger partial charge in [-0.3, -0.25) is 4.79 Å². The van der Waals surface area contributed by atoms with Gasteiger partial charge in [0.25, 0.3) is 0 Å². The van der Waals surface area contributed by atoms with Gasteiger partial charge in [-0.25, -0.2) is 0 Å². The number of hydrogen-bond acceptors (Lipinski definition) is 3. The number of aliphatic hydroxyl groups excluding tert-OH is 1. The predicted octanol–water partition coefficient (Wildman–Crippen LogP) is 13.1. The molecule has 3 nitrogen and oxygen atoms in total. The highest BCUT2D eigenvalue weighted by Gasteiger charge is 2.61.